The Morgan fingerprint density at radius 1 is 1.60 bits per heavy atom. The van der Waals surface area contributed by atoms with Crippen LogP contribution >= 0.6 is 11.6 Å². The SMILES string of the molecule is Cc1cc(NN)nnc1Cl. The summed E-state index contributed by atoms with van der Waals surface area (Å²) in [6.45, 7) is 1.83. The van der Waals surface area contributed by atoms with Crippen molar-refractivity contribution < 1.29 is 0 Å². The number of nitrogens with one attached hydrogen (secondary N) is 1. The molecule has 0 aliphatic carbocycles. The lowest BCUT2D eigenvalue weighted by atomic mass is 10.3. The number of aromatic nitrogens is 2. The molecule has 0 aliphatic rings. The highest BCUT2D eigenvalue weighted by Crippen LogP contribution is 2.11. The van der Waals surface area contributed by atoms with E-state index in [0.29, 0.717) is 11.0 Å². The molecule has 1 aromatic heterocycles. The van der Waals surface area contributed by atoms with Gasteiger partial charge in [-0.3, -0.25) is 0 Å². The van der Waals surface area contributed by atoms with Gasteiger partial charge in [-0.05, 0) is 18.6 Å². The Balaban J connectivity index is 3.04. The summed E-state index contributed by atoms with van der Waals surface area (Å²) >= 11 is 5.60. The highest BCUT2D eigenvalue weighted by molar-refractivity contribution is 6.30. The van der Waals surface area contributed by atoms with Gasteiger partial charge >= 0.3 is 0 Å². The van der Waals surface area contributed by atoms with Crippen molar-refractivity contribution >= 4 is 17.4 Å². The van der Waals surface area contributed by atoms with Crippen LogP contribution in [0.1, 0.15) is 5.56 Å². The molecule has 54 valence electrons. The molecule has 0 atom stereocenters. The van der Waals surface area contributed by atoms with Crippen molar-refractivity contribution in [1.29, 1.82) is 0 Å². The molecule has 0 amide bonds. The molecule has 1 aromatic rings. The van der Waals surface area contributed by atoms with Gasteiger partial charge < -0.3 is 5.43 Å². The number of hydrazine groups is 1. The van der Waals surface area contributed by atoms with Crippen LogP contribution in [0.2, 0.25) is 5.15 Å². The maximum Gasteiger partial charge on any atom is 0.162 e. The van der Waals surface area contributed by atoms with Crippen molar-refractivity contribution in [3.8, 4) is 0 Å². The number of rotatable bonds is 1. The quantitative estimate of drug-likeness (QED) is 0.467. The van der Waals surface area contributed by atoms with Crippen molar-refractivity contribution in [3.63, 3.8) is 0 Å². The van der Waals surface area contributed by atoms with E-state index < -0.39 is 0 Å². The van der Waals surface area contributed by atoms with Crippen molar-refractivity contribution in [2.75, 3.05) is 5.43 Å². The van der Waals surface area contributed by atoms with Crippen LogP contribution < -0.4 is 11.3 Å². The highest BCUT2D eigenvalue weighted by Gasteiger charge is 1.97. The summed E-state index contributed by atoms with van der Waals surface area (Å²) in [6.07, 6.45) is 0. The van der Waals surface area contributed by atoms with Crippen LogP contribution in [-0.2, 0) is 0 Å². The molecule has 1 rings (SSSR count). The summed E-state index contributed by atoms with van der Waals surface area (Å²) in [6, 6.07) is 1.72. The van der Waals surface area contributed by atoms with Gasteiger partial charge in [0.05, 0.1) is 0 Å². The van der Waals surface area contributed by atoms with Crippen LogP contribution in [-0.4, -0.2) is 10.2 Å². The summed E-state index contributed by atoms with van der Waals surface area (Å²) in [5.41, 5.74) is 3.21. The third-order valence-electron chi connectivity index (χ3n) is 1.07. The van der Waals surface area contributed by atoms with Crippen molar-refractivity contribution in [2.24, 2.45) is 5.84 Å². The topological polar surface area (TPSA) is 63.8 Å². The van der Waals surface area contributed by atoms with Gasteiger partial charge in [-0.15, -0.1) is 10.2 Å². The van der Waals surface area contributed by atoms with Gasteiger partial charge in [-0.25, -0.2) is 5.84 Å². The summed E-state index contributed by atoms with van der Waals surface area (Å²) in [4.78, 5) is 0. The monoisotopic (exact) mass is 158 g/mol. The third-order valence-corrected chi connectivity index (χ3v) is 1.45. The normalized spacial score (nSPS) is 9.50. The molecule has 0 aromatic carbocycles. The largest absolute Gasteiger partial charge is 0.307 e. The van der Waals surface area contributed by atoms with Gasteiger partial charge in [0.15, 0.2) is 11.0 Å². The van der Waals surface area contributed by atoms with E-state index >= 15 is 0 Å². The molecule has 4 nitrogen and oxygen atoms in total. The summed E-state index contributed by atoms with van der Waals surface area (Å²) < 4.78 is 0. The van der Waals surface area contributed by atoms with Crippen LogP contribution in [0.4, 0.5) is 5.82 Å². The minimum absolute atomic E-state index is 0.402. The van der Waals surface area contributed by atoms with Crippen LogP contribution in [0, 0.1) is 6.92 Å². The molecule has 0 unspecified atom stereocenters. The van der Waals surface area contributed by atoms with E-state index in [1.54, 1.807) is 6.07 Å². The van der Waals surface area contributed by atoms with E-state index in [1.165, 1.54) is 0 Å². The van der Waals surface area contributed by atoms with Crippen molar-refractivity contribution in [2.45, 2.75) is 6.92 Å². The number of hydrogen-bond acceptors (Lipinski definition) is 4. The second-order valence-electron chi connectivity index (χ2n) is 1.85. The van der Waals surface area contributed by atoms with Crippen LogP contribution in [0.25, 0.3) is 0 Å². The lowest BCUT2D eigenvalue weighted by molar-refractivity contribution is 1.01. The Morgan fingerprint density at radius 2 is 2.30 bits per heavy atom. The number of aryl methyl sites for hydroxylation is 1. The number of anilines is 1. The first-order valence-electron chi connectivity index (χ1n) is 2.70. The Kier molecular flexibility index (Phi) is 2.03. The Hall–Kier alpha value is -0.870. The van der Waals surface area contributed by atoms with Gasteiger partial charge in [-0.1, -0.05) is 11.6 Å². The molecule has 0 radical (unpaired) electrons. The molecule has 0 spiro atoms. The predicted octanol–water partition coefficient (Wildman–Crippen LogP) is 0.724. The summed E-state index contributed by atoms with van der Waals surface area (Å²) in [5, 5.41) is 7.66. The fraction of sp³-hybridized carbons (Fsp3) is 0.200. The molecule has 0 saturated heterocycles. The fourth-order valence-electron chi connectivity index (χ4n) is 0.541. The predicted molar refractivity (Wildman–Crippen MR) is 39.6 cm³/mol. The van der Waals surface area contributed by atoms with Gasteiger partial charge in [0, 0.05) is 0 Å². The number of nitrogens with two attached hydrogens (primary N) is 1. The third kappa shape index (κ3) is 1.34. The molecule has 1 heterocycles. The molecule has 0 saturated carbocycles. The second-order valence-corrected chi connectivity index (χ2v) is 2.21. The number of nitrogens with zero attached hydrogens (tertiary/aromatic N) is 2. The van der Waals surface area contributed by atoms with Crippen molar-refractivity contribution in [3.05, 3.63) is 16.8 Å². The van der Waals surface area contributed by atoms with Crippen LogP contribution in [0.15, 0.2) is 6.07 Å². The lowest BCUT2D eigenvalue weighted by Gasteiger charge is -1.98. The second kappa shape index (κ2) is 2.81. The lowest BCUT2D eigenvalue weighted by Crippen LogP contribution is -2.09. The first kappa shape index (κ1) is 7.24. The van der Waals surface area contributed by atoms with Gasteiger partial charge in [0.2, 0.25) is 0 Å². The summed E-state index contributed by atoms with van der Waals surface area (Å²) in [5.74, 6) is 5.59. The van der Waals surface area contributed by atoms with Crippen LogP contribution in [0.3, 0.4) is 0 Å². The standard InChI is InChI=1S/C5H7ClN4/c1-3-2-4(8-7)9-10-5(3)6/h2H,7H2,1H3,(H,8,9). The zero-order valence-corrected chi connectivity index (χ0v) is 6.18. The maximum atomic E-state index is 5.60. The fourth-order valence-corrected chi connectivity index (χ4v) is 0.633. The molecule has 0 fully saturated rings. The first-order chi connectivity index (χ1) is 4.74. The highest BCUT2D eigenvalue weighted by atomic mass is 35.5. The van der Waals surface area contributed by atoms with E-state index in [9.17, 15) is 0 Å². The van der Waals surface area contributed by atoms with E-state index in [4.69, 9.17) is 17.4 Å². The first-order valence-corrected chi connectivity index (χ1v) is 3.08. The van der Waals surface area contributed by atoms with E-state index in [0.717, 1.165) is 5.56 Å². The minimum Gasteiger partial charge on any atom is -0.307 e. The van der Waals surface area contributed by atoms with E-state index in [1.807, 2.05) is 6.92 Å². The average molecular weight is 159 g/mol. The van der Waals surface area contributed by atoms with Crippen LogP contribution in [0.5, 0.6) is 0 Å². The van der Waals surface area contributed by atoms with Gasteiger partial charge in [0.1, 0.15) is 0 Å². The molecule has 0 aliphatic heterocycles. The maximum absolute atomic E-state index is 5.60. The molecule has 0 bridgehead atoms. The smallest absolute Gasteiger partial charge is 0.162 e. The zero-order chi connectivity index (χ0) is 7.56. The Bertz CT molecular complexity index is 237. The molecule has 5 heteroatoms. The minimum atomic E-state index is 0.402. The molecule has 10 heavy (non-hydrogen) atoms. The van der Waals surface area contributed by atoms with E-state index in [2.05, 4.69) is 15.6 Å². The number of hydrogen-bond donors (Lipinski definition) is 2. The van der Waals surface area contributed by atoms with Gasteiger partial charge in [-0.2, -0.15) is 0 Å². The average Bonchev–Trinajstić information content (AvgIpc) is 1.95. The van der Waals surface area contributed by atoms with Gasteiger partial charge in [0.25, 0.3) is 0 Å². The van der Waals surface area contributed by atoms with Crippen molar-refractivity contribution in [1.82, 2.24) is 10.2 Å². The molecule has 3 N–H and O–H groups in total. The van der Waals surface area contributed by atoms with E-state index in [-0.39, 0.29) is 0 Å². The number of nitrogen functional groups attached to an aromatic ring is 1. The Morgan fingerprint density at radius 3 is 2.80 bits per heavy atom. The molecular formula is C5H7ClN4. The summed E-state index contributed by atoms with van der Waals surface area (Å²) in [7, 11) is 0. The zero-order valence-electron chi connectivity index (χ0n) is 5.43. The number of halogens is 1. The molecular weight excluding hydrogens is 152 g/mol. The Labute approximate surface area is 63.4 Å².